The van der Waals surface area contributed by atoms with E-state index in [1.165, 1.54) is 12.1 Å². The summed E-state index contributed by atoms with van der Waals surface area (Å²) in [6, 6.07) is 15.1. The molecule has 1 amide bonds. The number of primary amides is 1. The Kier molecular flexibility index (Phi) is 2.99. The number of fused-ring (bicyclic) bond motifs is 3. The van der Waals surface area contributed by atoms with Crippen molar-refractivity contribution >= 4 is 33.3 Å². The lowest BCUT2D eigenvalue weighted by Crippen LogP contribution is -2.12. The van der Waals surface area contributed by atoms with E-state index < -0.39 is 5.91 Å². The smallest absolute Gasteiger partial charge is 0.269 e. The number of benzene rings is 3. The van der Waals surface area contributed by atoms with Gasteiger partial charge >= 0.3 is 0 Å². The molecule has 0 aliphatic heterocycles. The molecule has 0 radical (unpaired) electrons. The van der Waals surface area contributed by atoms with E-state index in [4.69, 9.17) is 11.5 Å². The van der Waals surface area contributed by atoms with Crippen LogP contribution in [0, 0.1) is 5.82 Å². The number of nitrogens with two attached hydrogens (primary N) is 2. The van der Waals surface area contributed by atoms with E-state index in [0.717, 1.165) is 10.8 Å². The standard InChI is InChI=1S/C18H13FN4O/c19-11-3-6-13(7-4-11)23-17-14(16(22-23)18(21)24)8-2-10-1-5-12(20)9-15(10)17/h1-9H,20H2,(H2,21,24). The second-order valence-electron chi connectivity index (χ2n) is 5.54. The summed E-state index contributed by atoms with van der Waals surface area (Å²) in [5.74, 6) is -0.969. The summed E-state index contributed by atoms with van der Waals surface area (Å²) in [6.45, 7) is 0. The molecule has 0 saturated carbocycles. The highest BCUT2D eigenvalue weighted by Crippen LogP contribution is 2.31. The minimum atomic E-state index is -0.621. The van der Waals surface area contributed by atoms with Crippen molar-refractivity contribution in [3.8, 4) is 5.69 Å². The molecule has 6 heteroatoms. The average Bonchev–Trinajstić information content (AvgIpc) is 2.96. The molecule has 5 nitrogen and oxygen atoms in total. The van der Waals surface area contributed by atoms with E-state index in [2.05, 4.69) is 5.10 Å². The molecule has 24 heavy (non-hydrogen) atoms. The highest BCUT2D eigenvalue weighted by atomic mass is 19.1. The van der Waals surface area contributed by atoms with Gasteiger partial charge in [-0.1, -0.05) is 12.1 Å². The molecule has 0 atom stereocenters. The molecule has 4 rings (SSSR count). The number of hydrogen-bond donors (Lipinski definition) is 2. The minimum absolute atomic E-state index is 0.165. The first-order chi connectivity index (χ1) is 11.5. The molecular weight excluding hydrogens is 307 g/mol. The Hall–Kier alpha value is -3.41. The lowest BCUT2D eigenvalue weighted by molar-refractivity contribution is 0.0996. The Bertz CT molecular complexity index is 1100. The van der Waals surface area contributed by atoms with Gasteiger partial charge < -0.3 is 11.5 Å². The van der Waals surface area contributed by atoms with Gasteiger partial charge in [-0.3, -0.25) is 4.79 Å². The van der Waals surface area contributed by atoms with Gasteiger partial charge in [0.05, 0.1) is 11.2 Å². The lowest BCUT2D eigenvalue weighted by atomic mass is 10.0. The molecule has 1 aromatic heterocycles. The van der Waals surface area contributed by atoms with E-state index >= 15 is 0 Å². The molecule has 4 aromatic rings. The van der Waals surface area contributed by atoms with Crippen molar-refractivity contribution in [1.29, 1.82) is 0 Å². The van der Waals surface area contributed by atoms with Gasteiger partial charge in [-0.2, -0.15) is 5.10 Å². The van der Waals surface area contributed by atoms with Gasteiger partial charge in [0.15, 0.2) is 5.69 Å². The normalized spacial score (nSPS) is 11.2. The third kappa shape index (κ3) is 2.08. The van der Waals surface area contributed by atoms with Gasteiger partial charge in [0.1, 0.15) is 5.82 Å². The molecule has 0 spiro atoms. The third-order valence-electron chi connectivity index (χ3n) is 3.99. The summed E-state index contributed by atoms with van der Waals surface area (Å²) in [5, 5.41) is 6.78. The van der Waals surface area contributed by atoms with Crippen LogP contribution in [0.1, 0.15) is 10.5 Å². The summed E-state index contributed by atoms with van der Waals surface area (Å²) in [5.41, 5.74) is 13.5. The largest absolute Gasteiger partial charge is 0.399 e. The van der Waals surface area contributed by atoms with Crippen LogP contribution >= 0.6 is 0 Å². The third-order valence-corrected chi connectivity index (χ3v) is 3.99. The summed E-state index contributed by atoms with van der Waals surface area (Å²) >= 11 is 0. The van der Waals surface area contributed by atoms with Crippen LogP contribution in [0.2, 0.25) is 0 Å². The molecule has 4 N–H and O–H groups in total. The number of amides is 1. The van der Waals surface area contributed by atoms with Crippen molar-refractivity contribution in [2.24, 2.45) is 5.73 Å². The number of aromatic nitrogens is 2. The quantitative estimate of drug-likeness (QED) is 0.557. The van der Waals surface area contributed by atoms with Crippen molar-refractivity contribution in [2.75, 3.05) is 5.73 Å². The zero-order chi connectivity index (χ0) is 16.8. The lowest BCUT2D eigenvalue weighted by Gasteiger charge is -2.07. The maximum Gasteiger partial charge on any atom is 0.269 e. The van der Waals surface area contributed by atoms with Crippen LogP contribution in [-0.4, -0.2) is 15.7 Å². The monoisotopic (exact) mass is 320 g/mol. The van der Waals surface area contributed by atoms with Crippen LogP contribution < -0.4 is 11.5 Å². The molecular formula is C18H13FN4O. The van der Waals surface area contributed by atoms with Gasteiger partial charge in [0.25, 0.3) is 5.91 Å². The maximum absolute atomic E-state index is 13.2. The van der Waals surface area contributed by atoms with Crippen LogP contribution in [-0.2, 0) is 0 Å². The van der Waals surface area contributed by atoms with Gasteiger partial charge in [0.2, 0.25) is 0 Å². The number of carbonyl (C=O) groups is 1. The molecule has 118 valence electrons. The number of hydrogen-bond acceptors (Lipinski definition) is 3. The number of halogens is 1. The predicted octanol–water partition coefficient (Wildman–Crippen LogP) is 3.00. The summed E-state index contributed by atoms with van der Waals surface area (Å²) in [4.78, 5) is 11.8. The Morgan fingerprint density at radius 3 is 2.42 bits per heavy atom. The van der Waals surface area contributed by atoms with E-state index in [-0.39, 0.29) is 11.5 Å². The average molecular weight is 320 g/mol. The van der Waals surface area contributed by atoms with E-state index in [0.29, 0.717) is 22.3 Å². The zero-order valence-corrected chi connectivity index (χ0v) is 12.5. The minimum Gasteiger partial charge on any atom is -0.399 e. The van der Waals surface area contributed by atoms with Crippen LogP contribution in [0.4, 0.5) is 10.1 Å². The summed E-state index contributed by atoms with van der Waals surface area (Å²) < 4.78 is 14.8. The first kappa shape index (κ1) is 14.2. The highest BCUT2D eigenvalue weighted by molar-refractivity contribution is 6.13. The fraction of sp³-hybridized carbons (Fsp3) is 0. The highest BCUT2D eigenvalue weighted by Gasteiger charge is 2.18. The van der Waals surface area contributed by atoms with E-state index in [1.807, 2.05) is 24.3 Å². The molecule has 0 aliphatic carbocycles. The Balaban J connectivity index is 2.17. The van der Waals surface area contributed by atoms with Crippen LogP contribution in [0.3, 0.4) is 0 Å². The number of nitrogen functional groups attached to an aromatic ring is 1. The molecule has 1 heterocycles. The maximum atomic E-state index is 13.2. The van der Waals surface area contributed by atoms with E-state index in [9.17, 15) is 9.18 Å². The zero-order valence-electron chi connectivity index (χ0n) is 12.5. The van der Waals surface area contributed by atoms with Gasteiger partial charge in [-0.25, -0.2) is 9.07 Å². The second kappa shape index (κ2) is 5.06. The summed E-state index contributed by atoms with van der Waals surface area (Å²) in [6.07, 6.45) is 0. The van der Waals surface area contributed by atoms with Crippen LogP contribution in [0.5, 0.6) is 0 Å². The van der Waals surface area contributed by atoms with Crippen molar-refractivity contribution in [1.82, 2.24) is 9.78 Å². The van der Waals surface area contributed by atoms with Gasteiger partial charge in [0, 0.05) is 16.5 Å². The molecule has 0 fully saturated rings. The van der Waals surface area contributed by atoms with E-state index in [1.54, 1.807) is 22.9 Å². The summed E-state index contributed by atoms with van der Waals surface area (Å²) in [7, 11) is 0. The van der Waals surface area contributed by atoms with Gasteiger partial charge in [-0.05, 0) is 47.9 Å². The van der Waals surface area contributed by atoms with Crippen molar-refractivity contribution in [3.05, 3.63) is 66.1 Å². The molecule has 0 unspecified atom stereocenters. The number of anilines is 1. The fourth-order valence-corrected chi connectivity index (χ4v) is 2.90. The molecule has 0 saturated heterocycles. The Labute approximate surface area is 136 Å². The first-order valence-electron chi connectivity index (χ1n) is 7.31. The fourth-order valence-electron chi connectivity index (χ4n) is 2.90. The van der Waals surface area contributed by atoms with Gasteiger partial charge in [-0.15, -0.1) is 0 Å². The number of carbonyl (C=O) groups excluding carboxylic acids is 1. The molecule has 0 bridgehead atoms. The Morgan fingerprint density at radius 2 is 1.71 bits per heavy atom. The molecule has 0 aliphatic rings. The second-order valence-corrected chi connectivity index (χ2v) is 5.54. The van der Waals surface area contributed by atoms with Crippen molar-refractivity contribution in [3.63, 3.8) is 0 Å². The number of rotatable bonds is 2. The first-order valence-corrected chi connectivity index (χ1v) is 7.31. The molecule has 3 aromatic carbocycles. The van der Waals surface area contributed by atoms with Crippen molar-refractivity contribution < 1.29 is 9.18 Å². The predicted molar refractivity (Wildman–Crippen MR) is 91.5 cm³/mol. The SMILES string of the molecule is NC(=O)c1nn(-c2ccc(F)cc2)c2c1ccc1ccc(N)cc12. The Morgan fingerprint density at radius 1 is 1.00 bits per heavy atom. The number of nitrogens with zero attached hydrogens (tertiary/aromatic N) is 2. The van der Waals surface area contributed by atoms with Crippen LogP contribution in [0.15, 0.2) is 54.6 Å². The van der Waals surface area contributed by atoms with Crippen LogP contribution in [0.25, 0.3) is 27.4 Å². The van der Waals surface area contributed by atoms with Crippen molar-refractivity contribution in [2.45, 2.75) is 0 Å². The topological polar surface area (TPSA) is 86.9 Å².